The van der Waals surface area contributed by atoms with E-state index >= 15 is 0 Å². The van der Waals surface area contributed by atoms with Gasteiger partial charge in [0.05, 0.1) is 6.42 Å². The van der Waals surface area contributed by atoms with Crippen molar-refractivity contribution in [3.8, 4) is 11.1 Å². The average molecular weight is 448 g/mol. The monoisotopic (exact) mass is 448 g/mol. The van der Waals surface area contributed by atoms with Gasteiger partial charge in [0.25, 0.3) is 0 Å². The maximum atomic E-state index is 14.9. The van der Waals surface area contributed by atoms with Gasteiger partial charge in [-0.25, -0.2) is 9.37 Å². The Morgan fingerprint density at radius 2 is 2.03 bits per heavy atom. The number of nitrogens with one attached hydrogen (secondary N) is 3. The lowest BCUT2D eigenvalue weighted by atomic mass is 9.93. The smallest absolute Gasteiger partial charge is 0.354 e. The number of anilines is 1. The Balaban J connectivity index is 1.62. The molecule has 0 spiro atoms. The zero-order chi connectivity index (χ0) is 23.0. The van der Waals surface area contributed by atoms with Crippen molar-refractivity contribution >= 4 is 28.4 Å². The van der Waals surface area contributed by atoms with E-state index in [1.54, 1.807) is 6.20 Å². The molecule has 170 valence electrons. The predicted octanol–water partition coefficient (Wildman–Crippen LogP) is 5.14. The molecule has 0 saturated carbocycles. The van der Waals surface area contributed by atoms with E-state index in [1.165, 1.54) is 12.3 Å². The fraction of sp³-hybridized carbons (Fsp3) is 0.409. The van der Waals surface area contributed by atoms with Crippen LogP contribution in [0, 0.1) is 5.82 Å². The molecule has 32 heavy (non-hydrogen) atoms. The zero-order valence-electron chi connectivity index (χ0n) is 17.9. The zero-order valence-corrected chi connectivity index (χ0v) is 17.9. The Bertz CT molecular complexity index is 1170. The summed E-state index contributed by atoms with van der Waals surface area (Å²) < 4.78 is 51.9. The van der Waals surface area contributed by atoms with E-state index in [-0.39, 0.29) is 24.6 Å². The normalized spacial score (nSPS) is 16.4. The Morgan fingerprint density at radius 1 is 1.25 bits per heavy atom. The number of aromatic nitrogens is 3. The molecule has 0 fully saturated rings. The van der Waals surface area contributed by atoms with Crippen LogP contribution in [0.15, 0.2) is 29.5 Å². The van der Waals surface area contributed by atoms with E-state index in [9.17, 15) is 17.6 Å². The number of H-pyrrole nitrogens is 1. The molecule has 0 amide bonds. The molecule has 0 radical (unpaired) electrons. The van der Waals surface area contributed by atoms with Crippen LogP contribution in [0.1, 0.15) is 32.8 Å². The van der Waals surface area contributed by atoms with Gasteiger partial charge in [0.15, 0.2) is 0 Å². The molecule has 0 aliphatic carbocycles. The predicted molar refractivity (Wildman–Crippen MR) is 117 cm³/mol. The summed E-state index contributed by atoms with van der Waals surface area (Å²) >= 11 is 0. The van der Waals surface area contributed by atoms with Crippen molar-refractivity contribution in [2.75, 3.05) is 11.9 Å². The van der Waals surface area contributed by atoms with Crippen LogP contribution in [0.2, 0.25) is 0 Å². The number of benzene rings is 1. The number of aliphatic imine (C=N–C) groups is 1. The van der Waals surface area contributed by atoms with Crippen molar-refractivity contribution in [1.82, 2.24) is 20.3 Å². The quantitative estimate of drug-likeness (QED) is 0.456. The minimum atomic E-state index is -4.25. The van der Waals surface area contributed by atoms with Gasteiger partial charge < -0.3 is 15.6 Å². The molecule has 1 atom stereocenters. The first kappa shape index (κ1) is 22.2. The van der Waals surface area contributed by atoms with E-state index in [1.807, 2.05) is 13.0 Å². The molecule has 0 bridgehead atoms. The van der Waals surface area contributed by atoms with Gasteiger partial charge in [0.1, 0.15) is 17.2 Å². The van der Waals surface area contributed by atoms with Crippen molar-refractivity contribution in [1.29, 1.82) is 0 Å². The van der Waals surface area contributed by atoms with Gasteiger partial charge in [-0.2, -0.15) is 18.2 Å². The minimum Gasteiger partial charge on any atom is -0.354 e. The Hall–Kier alpha value is -3.01. The van der Waals surface area contributed by atoms with Gasteiger partial charge in [-0.3, -0.25) is 4.99 Å². The van der Waals surface area contributed by atoms with E-state index < -0.39 is 18.4 Å². The standard InChI is InChI=1S/C22H24F4N6/c1-11(2)30-18-8-14-6-13(7-17(23)19(14)31-12(18)3)15-9-28-20-16(15)10-29-21(32-20)27-5-4-22(24,25)26/h6-7,9-11,18,30H,4-5,8H2,1-3H3,(H2,27,28,29,32). The lowest BCUT2D eigenvalue weighted by Crippen LogP contribution is -2.42. The first-order valence-electron chi connectivity index (χ1n) is 10.4. The van der Waals surface area contributed by atoms with E-state index in [0.29, 0.717) is 34.3 Å². The molecule has 1 aromatic carbocycles. The SMILES string of the molecule is CC1=Nc2c(F)cc(-c3c[nH]c4nc(NCCC(F)(F)F)ncc34)cc2CC1NC(C)C. The number of alkyl halides is 3. The number of hydrogen-bond donors (Lipinski definition) is 3. The van der Waals surface area contributed by atoms with Crippen LogP contribution in [-0.4, -0.2) is 45.5 Å². The van der Waals surface area contributed by atoms with Crippen LogP contribution in [0.4, 0.5) is 29.2 Å². The summed E-state index contributed by atoms with van der Waals surface area (Å²) in [6, 6.07) is 3.66. The second-order valence-corrected chi connectivity index (χ2v) is 8.25. The van der Waals surface area contributed by atoms with Crippen LogP contribution in [0.3, 0.4) is 0 Å². The van der Waals surface area contributed by atoms with Gasteiger partial charge in [-0.15, -0.1) is 0 Å². The number of fused-ring (bicyclic) bond motifs is 2. The summed E-state index contributed by atoms with van der Waals surface area (Å²) in [5.74, 6) is -0.306. The van der Waals surface area contributed by atoms with Crippen LogP contribution in [0.25, 0.3) is 22.2 Å². The molecule has 1 unspecified atom stereocenters. The van der Waals surface area contributed by atoms with Crippen molar-refractivity contribution in [3.63, 3.8) is 0 Å². The molecule has 3 aromatic rings. The van der Waals surface area contributed by atoms with Crippen molar-refractivity contribution < 1.29 is 17.6 Å². The summed E-state index contributed by atoms with van der Waals surface area (Å²) in [5.41, 5.74) is 3.85. The summed E-state index contributed by atoms with van der Waals surface area (Å²) in [6.45, 7) is 5.69. The Morgan fingerprint density at radius 3 is 2.75 bits per heavy atom. The van der Waals surface area contributed by atoms with Crippen LogP contribution < -0.4 is 10.6 Å². The fourth-order valence-electron chi connectivity index (χ4n) is 3.84. The van der Waals surface area contributed by atoms with E-state index in [0.717, 1.165) is 11.3 Å². The summed E-state index contributed by atoms with van der Waals surface area (Å²) in [7, 11) is 0. The molecule has 0 saturated heterocycles. The first-order valence-corrected chi connectivity index (χ1v) is 10.4. The molecule has 6 nitrogen and oxygen atoms in total. The van der Waals surface area contributed by atoms with Gasteiger partial charge in [0.2, 0.25) is 5.95 Å². The van der Waals surface area contributed by atoms with Crippen molar-refractivity contribution in [2.24, 2.45) is 4.99 Å². The van der Waals surface area contributed by atoms with Crippen LogP contribution >= 0.6 is 0 Å². The topological polar surface area (TPSA) is 78.0 Å². The molecule has 1 aliphatic rings. The largest absolute Gasteiger partial charge is 0.390 e. The highest BCUT2D eigenvalue weighted by Crippen LogP contribution is 2.36. The summed E-state index contributed by atoms with van der Waals surface area (Å²) in [6.07, 6.45) is -1.39. The van der Waals surface area contributed by atoms with E-state index in [2.05, 4.69) is 44.4 Å². The Kier molecular flexibility index (Phi) is 5.89. The van der Waals surface area contributed by atoms with Crippen molar-refractivity contribution in [2.45, 2.75) is 51.9 Å². The van der Waals surface area contributed by atoms with Crippen molar-refractivity contribution in [3.05, 3.63) is 35.9 Å². The lowest BCUT2D eigenvalue weighted by Gasteiger charge is -2.26. The number of aromatic amines is 1. The number of halogens is 4. The fourth-order valence-corrected chi connectivity index (χ4v) is 3.84. The lowest BCUT2D eigenvalue weighted by molar-refractivity contribution is -0.131. The summed E-state index contributed by atoms with van der Waals surface area (Å²) in [5, 5.41) is 6.68. The third-order valence-corrected chi connectivity index (χ3v) is 5.33. The molecule has 3 N–H and O–H groups in total. The second-order valence-electron chi connectivity index (χ2n) is 8.25. The highest BCUT2D eigenvalue weighted by atomic mass is 19.4. The second kappa shape index (κ2) is 8.50. The molecule has 4 rings (SSSR count). The molecular weight excluding hydrogens is 424 g/mol. The Labute approximate surface area is 182 Å². The highest BCUT2D eigenvalue weighted by Gasteiger charge is 2.26. The molecule has 10 heteroatoms. The third kappa shape index (κ3) is 4.74. The van der Waals surface area contributed by atoms with Gasteiger partial charge in [0, 0.05) is 47.7 Å². The maximum Gasteiger partial charge on any atom is 0.390 e. The summed E-state index contributed by atoms with van der Waals surface area (Å²) in [4.78, 5) is 15.8. The van der Waals surface area contributed by atoms with Crippen LogP contribution in [-0.2, 0) is 6.42 Å². The number of hydrogen-bond acceptors (Lipinski definition) is 5. The number of rotatable bonds is 6. The highest BCUT2D eigenvalue weighted by molar-refractivity contribution is 5.95. The molecule has 1 aliphatic heterocycles. The average Bonchev–Trinajstić information content (AvgIpc) is 3.11. The third-order valence-electron chi connectivity index (χ3n) is 5.33. The molecule has 2 aromatic heterocycles. The van der Waals surface area contributed by atoms with Crippen LogP contribution in [0.5, 0.6) is 0 Å². The molecule has 3 heterocycles. The molecular formula is C22H24F4N6. The van der Waals surface area contributed by atoms with Gasteiger partial charge >= 0.3 is 6.18 Å². The van der Waals surface area contributed by atoms with Gasteiger partial charge in [-0.1, -0.05) is 13.8 Å². The van der Waals surface area contributed by atoms with Gasteiger partial charge in [-0.05, 0) is 36.6 Å². The van der Waals surface area contributed by atoms with E-state index in [4.69, 9.17) is 0 Å². The maximum absolute atomic E-state index is 14.9. The first-order chi connectivity index (χ1) is 15.1. The minimum absolute atomic E-state index is 0.0359. The number of nitrogens with zero attached hydrogens (tertiary/aromatic N) is 3.